The standard InChI is InChI=1S/C23H13ClF3N3/c24-15-8-9-18-19(12-15)28-11-10-21(18)30-22(23(25,26)27)13-20(29-30)17-7-3-5-14-4-1-2-6-16(14)17/h1-13H. The van der Waals surface area contributed by atoms with Crippen LogP contribution in [0.15, 0.2) is 79.0 Å². The zero-order valence-corrected chi connectivity index (χ0v) is 16.1. The van der Waals surface area contributed by atoms with Gasteiger partial charge in [-0.05, 0) is 41.1 Å². The maximum atomic E-state index is 13.9. The first-order valence-corrected chi connectivity index (χ1v) is 9.50. The molecule has 0 fully saturated rings. The van der Waals surface area contributed by atoms with Gasteiger partial charge in [0, 0.05) is 22.2 Å². The van der Waals surface area contributed by atoms with Crippen molar-refractivity contribution in [1.29, 1.82) is 0 Å². The number of fused-ring (bicyclic) bond motifs is 2. The van der Waals surface area contributed by atoms with Crippen molar-refractivity contribution in [2.45, 2.75) is 6.18 Å². The van der Waals surface area contributed by atoms with Gasteiger partial charge in [-0.25, -0.2) is 4.68 Å². The van der Waals surface area contributed by atoms with Crippen molar-refractivity contribution in [1.82, 2.24) is 14.8 Å². The van der Waals surface area contributed by atoms with E-state index in [1.807, 2.05) is 36.4 Å². The van der Waals surface area contributed by atoms with Gasteiger partial charge in [0.15, 0.2) is 0 Å². The first-order valence-electron chi connectivity index (χ1n) is 9.12. The molecule has 0 atom stereocenters. The molecule has 0 bridgehead atoms. The molecule has 0 N–H and O–H groups in total. The zero-order chi connectivity index (χ0) is 20.9. The summed E-state index contributed by atoms with van der Waals surface area (Å²) < 4.78 is 42.8. The highest BCUT2D eigenvalue weighted by molar-refractivity contribution is 6.31. The summed E-state index contributed by atoms with van der Waals surface area (Å²) in [6.45, 7) is 0. The molecule has 0 saturated carbocycles. The molecule has 3 nitrogen and oxygen atoms in total. The maximum Gasteiger partial charge on any atom is 0.433 e. The predicted octanol–water partition coefficient (Wildman–Crippen LogP) is 6.91. The van der Waals surface area contributed by atoms with Crippen molar-refractivity contribution in [3.8, 4) is 16.9 Å². The molecular weight excluding hydrogens is 411 g/mol. The number of nitrogens with zero attached hydrogens (tertiary/aromatic N) is 3. The van der Waals surface area contributed by atoms with Gasteiger partial charge in [0.1, 0.15) is 5.69 Å². The molecule has 0 spiro atoms. The minimum Gasteiger partial charge on any atom is -0.256 e. The second kappa shape index (κ2) is 6.85. The van der Waals surface area contributed by atoms with Crippen molar-refractivity contribution in [3.05, 3.63) is 89.7 Å². The molecule has 2 aromatic heterocycles. The zero-order valence-electron chi connectivity index (χ0n) is 15.4. The lowest BCUT2D eigenvalue weighted by molar-refractivity contribution is -0.142. The number of pyridine rings is 1. The van der Waals surface area contributed by atoms with Gasteiger partial charge in [-0.3, -0.25) is 4.98 Å². The van der Waals surface area contributed by atoms with E-state index in [-0.39, 0.29) is 11.4 Å². The summed E-state index contributed by atoms with van der Waals surface area (Å²) in [5.41, 5.74) is 0.815. The van der Waals surface area contributed by atoms with Crippen LogP contribution in [0, 0.1) is 0 Å². The van der Waals surface area contributed by atoms with Crippen molar-refractivity contribution in [3.63, 3.8) is 0 Å². The summed E-state index contributed by atoms with van der Waals surface area (Å²) in [6.07, 6.45) is -3.13. The van der Waals surface area contributed by atoms with E-state index in [1.54, 1.807) is 24.3 Å². The van der Waals surface area contributed by atoms with Crippen molar-refractivity contribution in [2.75, 3.05) is 0 Å². The lowest BCUT2D eigenvalue weighted by Gasteiger charge is -2.12. The van der Waals surface area contributed by atoms with Crippen LogP contribution in [-0.2, 0) is 6.18 Å². The predicted molar refractivity (Wildman–Crippen MR) is 112 cm³/mol. The van der Waals surface area contributed by atoms with Crippen LogP contribution in [0.2, 0.25) is 5.02 Å². The molecule has 7 heteroatoms. The molecule has 2 heterocycles. The Morgan fingerprint density at radius 1 is 0.833 bits per heavy atom. The fourth-order valence-electron chi connectivity index (χ4n) is 3.64. The number of benzene rings is 3. The molecule has 5 aromatic rings. The third-order valence-electron chi connectivity index (χ3n) is 4.98. The Morgan fingerprint density at radius 3 is 2.47 bits per heavy atom. The molecule has 0 unspecified atom stereocenters. The van der Waals surface area contributed by atoms with Crippen molar-refractivity contribution < 1.29 is 13.2 Å². The molecule has 0 aliphatic carbocycles. The first kappa shape index (κ1) is 18.6. The van der Waals surface area contributed by atoms with Crippen LogP contribution < -0.4 is 0 Å². The fraction of sp³-hybridized carbons (Fsp3) is 0.0435. The van der Waals surface area contributed by atoms with Crippen LogP contribution in [0.3, 0.4) is 0 Å². The molecule has 148 valence electrons. The summed E-state index contributed by atoms with van der Waals surface area (Å²) in [4.78, 5) is 4.22. The minimum atomic E-state index is -4.59. The number of hydrogen-bond acceptors (Lipinski definition) is 2. The van der Waals surface area contributed by atoms with E-state index in [4.69, 9.17) is 11.6 Å². The van der Waals surface area contributed by atoms with Crippen molar-refractivity contribution >= 4 is 33.3 Å². The van der Waals surface area contributed by atoms with Gasteiger partial charge in [-0.1, -0.05) is 54.1 Å². The third kappa shape index (κ3) is 3.09. The SMILES string of the molecule is FC(F)(F)c1cc(-c2cccc3ccccc23)nn1-c1ccnc2cc(Cl)ccc12. The number of halogens is 4. The van der Waals surface area contributed by atoms with Gasteiger partial charge in [0.25, 0.3) is 0 Å². The smallest absolute Gasteiger partial charge is 0.256 e. The molecular formula is C23H13ClF3N3. The molecule has 5 rings (SSSR count). The number of aromatic nitrogens is 3. The van der Waals surface area contributed by atoms with Crippen LogP contribution in [0.1, 0.15) is 5.69 Å². The lowest BCUT2D eigenvalue weighted by Crippen LogP contribution is -2.13. The molecule has 0 aliphatic rings. The number of rotatable bonds is 2. The summed E-state index contributed by atoms with van der Waals surface area (Å²) >= 11 is 6.02. The Labute approximate surface area is 174 Å². The summed E-state index contributed by atoms with van der Waals surface area (Å²) in [5, 5.41) is 7.13. The summed E-state index contributed by atoms with van der Waals surface area (Å²) in [5.74, 6) is 0. The van der Waals surface area contributed by atoms with Crippen LogP contribution in [0.5, 0.6) is 0 Å². The van der Waals surface area contributed by atoms with Crippen LogP contribution in [-0.4, -0.2) is 14.8 Å². The van der Waals surface area contributed by atoms with Crippen LogP contribution >= 0.6 is 11.6 Å². The third-order valence-corrected chi connectivity index (χ3v) is 5.21. The molecule has 0 amide bonds. The van der Waals surface area contributed by atoms with E-state index in [0.29, 0.717) is 21.5 Å². The second-order valence-corrected chi connectivity index (χ2v) is 7.28. The van der Waals surface area contributed by atoms with E-state index in [2.05, 4.69) is 10.1 Å². The van der Waals surface area contributed by atoms with E-state index < -0.39 is 11.9 Å². The molecule has 30 heavy (non-hydrogen) atoms. The number of hydrogen-bond donors (Lipinski definition) is 0. The largest absolute Gasteiger partial charge is 0.433 e. The topological polar surface area (TPSA) is 30.7 Å². The molecule has 3 aromatic carbocycles. The minimum absolute atomic E-state index is 0.248. The Bertz CT molecular complexity index is 1400. The Balaban J connectivity index is 1.79. The average molecular weight is 424 g/mol. The summed E-state index contributed by atoms with van der Waals surface area (Å²) in [6, 6.07) is 20.5. The molecule has 0 saturated heterocycles. The first-order chi connectivity index (χ1) is 14.4. The van der Waals surface area contributed by atoms with Gasteiger partial charge in [-0.15, -0.1) is 0 Å². The van der Waals surface area contributed by atoms with Crippen LogP contribution in [0.25, 0.3) is 38.6 Å². The van der Waals surface area contributed by atoms with Gasteiger partial charge in [-0.2, -0.15) is 18.3 Å². The normalized spacial score (nSPS) is 12.0. The second-order valence-electron chi connectivity index (χ2n) is 6.84. The van der Waals surface area contributed by atoms with E-state index in [0.717, 1.165) is 21.5 Å². The fourth-order valence-corrected chi connectivity index (χ4v) is 3.80. The number of alkyl halides is 3. The average Bonchev–Trinajstić information content (AvgIpc) is 3.18. The van der Waals surface area contributed by atoms with Crippen molar-refractivity contribution in [2.24, 2.45) is 0 Å². The van der Waals surface area contributed by atoms with Gasteiger partial charge in [0.05, 0.1) is 16.9 Å². The highest BCUT2D eigenvalue weighted by atomic mass is 35.5. The highest BCUT2D eigenvalue weighted by Crippen LogP contribution is 2.37. The van der Waals surface area contributed by atoms with Gasteiger partial charge in [0.2, 0.25) is 0 Å². The summed E-state index contributed by atoms with van der Waals surface area (Å²) in [7, 11) is 0. The van der Waals surface area contributed by atoms with Crippen LogP contribution in [0.4, 0.5) is 13.2 Å². The van der Waals surface area contributed by atoms with E-state index >= 15 is 0 Å². The maximum absolute atomic E-state index is 13.9. The monoisotopic (exact) mass is 423 g/mol. The highest BCUT2D eigenvalue weighted by Gasteiger charge is 2.37. The Hall–Kier alpha value is -3.38. The van der Waals surface area contributed by atoms with E-state index in [9.17, 15) is 13.2 Å². The lowest BCUT2D eigenvalue weighted by atomic mass is 10.0. The Morgan fingerprint density at radius 2 is 1.63 bits per heavy atom. The molecule has 0 aliphatic heterocycles. The Kier molecular flexibility index (Phi) is 4.25. The van der Waals surface area contributed by atoms with Gasteiger partial charge < -0.3 is 0 Å². The van der Waals surface area contributed by atoms with E-state index in [1.165, 1.54) is 12.3 Å². The quantitative estimate of drug-likeness (QED) is 0.309. The molecule has 0 radical (unpaired) electrons. The van der Waals surface area contributed by atoms with Gasteiger partial charge >= 0.3 is 6.18 Å².